The van der Waals surface area contributed by atoms with Gasteiger partial charge < -0.3 is 5.32 Å². The summed E-state index contributed by atoms with van der Waals surface area (Å²) in [5.74, 6) is -0.145. The van der Waals surface area contributed by atoms with Crippen molar-refractivity contribution in [3.8, 4) is 6.07 Å². The number of benzene rings is 1. The Labute approximate surface area is 166 Å². The predicted molar refractivity (Wildman–Crippen MR) is 107 cm³/mol. The molecule has 0 atom stereocenters. The monoisotopic (exact) mass is 405 g/mol. The molecule has 9 heteroatoms. The van der Waals surface area contributed by atoms with Crippen molar-refractivity contribution in [2.75, 3.05) is 51.1 Å². The molecular weight excluding hydrogens is 378 g/mol. The van der Waals surface area contributed by atoms with Crippen LogP contribution in [-0.2, 0) is 15.0 Å². The summed E-state index contributed by atoms with van der Waals surface area (Å²) in [6, 6.07) is 8.74. The standard InChI is InChI=1S/C19H27N5O3S/c20-15-17-5-7-18(8-6-17)21-19(25)16-22-11-13-24(14-12-22)28(26,27)23-9-3-1-2-4-10-23/h5-8H,1-4,9-14,16H2,(H,21,25). The summed E-state index contributed by atoms with van der Waals surface area (Å²) in [6.07, 6.45) is 4.03. The molecule has 0 aliphatic carbocycles. The first kappa shape index (κ1) is 20.7. The number of hydrogen-bond acceptors (Lipinski definition) is 5. The Kier molecular flexibility index (Phi) is 7.02. The summed E-state index contributed by atoms with van der Waals surface area (Å²) in [5.41, 5.74) is 1.19. The molecule has 0 saturated carbocycles. The lowest BCUT2D eigenvalue weighted by Gasteiger charge is -2.36. The van der Waals surface area contributed by atoms with Crippen molar-refractivity contribution in [2.24, 2.45) is 0 Å². The smallest absolute Gasteiger partial charge is 0.282 e. The number of nitrogens with zero attached hydrogens (tertiary/aromatic N) is 4. The summed E-state index contributed by atoms with van der Waals surface area (Å²) in [6.45, 7) is 3.32. The van der Waals surface area contributed by atoms with E-state index in [1.54, 1.807) is 32.9 Å². The van der Waals surface area contributed by atoms with Crippen molar-refractivity contribution in [1.82, 2.24) is 13.5 Å². The highest BCUT2D eigenvalue weighted by Gasteiger charge is 2.32. The van der Waals surface area contributed by atoms with E-state index in [1.807, 2.05) is 11.0 Å². The number of rotatable bonds is 5. The third-order valence-corrected chi connectivity index (χ3v) is 7.25. The Hall–Kier alpha value is -1.99. The Bertz CT molecular complexity index is 803. The highest BCUT2D eigenvalue weighted by atomic mass is 32.2. The lowest BCUT2D eigenvalue weighted by Crippen LogP contribution is -2.54. The Morgan fingerprint density at radius 2 is 1.50 bits per heavy atom. The predicted octanol–water partition coefficient (Wildman–Crippen LogP) is 1.24. The van der Waals surface area contributed by atoms with Crippen LogP contribution in [0.3, 0.4) is 0 Å². The summed E-state index contributed by atoms with van der Waals surface area (Å²) in [5, 5.41) is 11.6. The van der Waals surface area contributed by atoms with E-state index in [9.17, 15) is 13.2 Å². The van der Waals surface area contributed by atoms with Crippen LogP contribution in [0.4, 0.5) is 5.69 Å². The van der Waals surface area contributed by atoms with E-state index in [0.717, 1.165) is 25.7 Å². The largest absolute Gasteiger partial charge is 0.325 e. The first-order chi connectivity index (χ1) is 13.5. The molecule has 0 spiro atoms. The number of anilines is 1. The zero-order valence-corrected chi connectivity index (χ0v) is 16.8. The Balaban J connectivity index is 1.47. The third-order valence-electron chi connectivity index (χ3n) is 5.21. The zero-order valence-electron chi connectivity index (χ0n) is 16.0. The van der Waals surface area contributed by atoms with Gasteiger partial charge in [-0.3, -0.25) is 9.69 Å². The second-order valence-electron chi connectivity index (χ2n) is 7.23. The number of piperazine rings is 1. The third kappa shape index (κ3) is 5.29. The van der Waals surface area contributed by atoms with Crippen molar-refractivity contribution >= 4 is 21.8 Å². The van der Waals surface area contributed by atoms with E-state index in [2.05, 4.69) is 5.32 Å². The van der Waals surface area contributed by atoms with Crippen molar-refractivity contribution in [1.29, 1.82) is 5.26 Å². The quantitative estimate of drug-likeness (QED) is 0.795. The van der Waals surface area contributed by atoms with Gasteiger partial charge in [-0.05, 0) is 37.1 Å². The minimum absolute atomic E-state index is 0.145. The fraction of sp³-hybridized carbons (Fsp3) is 0.579. The molecule has 0 radical (unpaired) electrons. The van der Waals surface area contributed by atoms with E-state index in [4.69, 9.17) is 5.26 Å². The lowest BCUT2D eigenvalue weighted by molar-refractivity contribution is -0.117. The van der Waals surface area contributed by atoms with Crippen molar-refractivity contribution in [2.45, 2.75) is 25.7 Å². The van der Waals surface area contributed by atoms with Crippen LogP contribution in [-0.4, -0.2) is 73.6 Å². The molecule has 0 unspecified atom stereocenters. The number of carbonyl (C=O) groups is 1. The molecule has 0 bridgehead atoms. The number of nitriles is 1. The molecule has 8 nitrogen and oxygen atoms in total. The molecule has 1 N–H and O–H groups in total. The molecule has 2 fully saturated rings. The molecule has 2 aliphatic heterocycles. The van der Waals surface area contributed by atoms with Crippen LogP contribution >= 0.6 is 0 Å². The molecule has 0 aromatic heterocycles. The van der Waals surface area contributed by atoms with Crippen LogP contribution in [0.1, 0.15) is 31.2 Å². The van der Waals surface area contributed by atoms with Gasteiger partial charge in [0.15, 0.2) is 0 Å². The number of carbonyl (C=O) groups excluding carboxylic acids is 1. The summed E-state index contributed by atoms with van der Waals surface area (Å²) in [7, 11) is -3.40. The molecule has 2 saturated heterocycles. The van der Waals surface area contributed by atoms with E-state index >= 15 is 0 Å². The summed E-state index contributed by atoms with van der Waals surface area (Å²) >= 11 is 0. The molecular formula is C19H27N5O3S. The molecule has 1 aromatic rings. The summed E-state index contributed by atoms with van der Waals surface area (Å²) < 4.78 is 28.9. The van der Waals surface area contributed by atoms with Gasteiger partial charge in [0.05, 0.1) is 18.2 Å². The minimum Gasteiger partial charge on any atom is -0.325 e. The van der Waals surface area contributed by atoms with Crippen LogP contribution in [0.5, 0.6) is 0 Å². The molecule has 1 aromatic carbocycles. The number of hydrogen-bond donors (Lipinski definition) is 1. The van der Waals surface area contributed by atoms with Gasteiger partial charge in [-0.2, -0.15) is 22.3 Å². The van der Waals surface area contributed by atoms with Crippen LogP contribution in [0, 0.1) is 11.3 Å². The van der Waals surface area contributed by atoms with Crippen LogP contribution in [0.25, 0.3) is 0 Å². The van der Waals surface area contributed by atoms with E-state index in [1.165, 1.54) is 0 Å². The van der Waals surface area contributed by atoms with Crippen molar-refractivity contribution in [3.63, 3.8) is 0 Å². The van der Waals surface area contributed by atoms with Gasteiger partial charge in [-0.1, -0.05) is 12.8 Å². The van der Waals surface area contributed by atoms with E-state index in [0.29, 0.717) is 50.5 Å². The maximum atomic E-state index is 12.8. The van der Waals surface area contributed by atoms with Crippen molar-refractivity contribution < 1.29 is 13.2 Å². The number of amides is 1. The average molecular weight is 406 g/mol. The summed E-state index contributed by atoms with van der Waals surface area (Å²) in [4.78, 5) is 14.2. The Morgan fingerprint density at radius 3 is 2.07 bits per heavy atom. The highest BCUT2D eigenvalue weighted by molar-refractivity contribution is 7.86. The zero-order chi connectivity index (χ0) is 20.0. The maximum absolute atomic E-state index is 12.8. The van der Waals surface area contributed by atoms with Gasteiger partial charge in [0, 0.05) is 45.0 Å². The van der Waals surface area contributed by atoms with Crippen LogP contribution in [0.15, 0.2) is 24.3 Å². The molecule has 152 valence electrons. The lowest BCUT2D eigenvalue weighted by atomic mass is 10.2. The van der Waals surface area contributed by atoms with E-state index < -0.39 is 10.2 Å². The van der Waals surface area contributed by atoms with Crippen LogP contribution < -0.4 is 5.32 Å². The van der Waals surface area contributed by atoms with Gasteiger partial charge >= 0.3 is 0 Å². The maximum Gasteiger partial charge on any atom is 0.282 e. The topological polar surface area (TPSA) is 96.7 Å². The van der Waals surface area contributed by atoms with E-state index in [-0.39, 0.29) is 12.5 Å². The second kappa shape index (κ2) is 9.47. The molecule has 2 aliphatic rings. The fourth-order valence-corrected chi connectivity index (χ4v) is 5.26. The first-order valence-electron chi connectivity index (χ1n) is 9.76. The second-order valence-corrected chi connectivity index (χ2v) is 9.16. The normalized spacial score (nSPS) is 20.2. The highest BCUT2D eigenvalue weighted by Crippen LogP contribution is 2.18. The van der Waals surface area contributed by atoms with Gasteiger partial charge in [-0.15, -0.1) is 0 Å². The van der Waals surface area contributed by atoms with Crippen LogP contribution in [0.2, 0.25) is 0 Å². The SMILES string of the molecule is N#Cc1ccc(NC(=O)CN2CCN(S(=O)(=O)N3CCCCCC3)CC2)cc1. The van der Waals surface area contributed by atoms with Gasteiger partial charge in [0.1, 0.15) is 0 Å². The van der Waals surface area contributed by atoms with Crippen molar-refractivity contribution in [3.05, 3.63) is 29.8 Å². The van der Waals surface area contributed by atoms with Gasteiger partial charge in [0.25, 0.3) is 10.2 Å². The Morgan fingerprint density at radius 1 is 0.929 bits per heavy atom. The first-order valence-corrected chi connectivity index (χ1v) is 11.2. The van der Waals surface area contributed by atoms with Gasteiger partial charge in [-0.25, -0.2) is 0 Å². The number of nitrogens with one attached hydrogen (secondary N) is 1. The fourth-order valence-electron chi connectivity index (χ4n) is 3.59. The molecule has 2 heterocycles. The minimum atomic E-state index is -3.40. The van der Waals surface area contributed by atoms with Gasteiger partial charge in [0.2, 0.25) is 5.91 Å². The molecule has 28 heavy (non-hydrogen) atoms. The average Bonchev–Trinajstić information content (AvgIpc) is 2.99. The molecule has 3 rings (SSSR count). The molecule has 1 amide bonds.